The van der Waals surface area contributed by atoms with Crippen molar-refractivity contribution in [3.05, 3.63) is 88.5 Å². The summed E-state index contributed by atoms with van der Waals surface area (Å²) in [5.41, 5.74) is -1.74. The lowest BCUT2D eigenvalue weighted by Gasteiger charge is -2.22. The fourth-order valence-electron chi connectivity index (χ4n) is 3.54. The van der Waals surface area contributed by atoms with Gasteiger partial charge in [0, 0.05) is 34.2 Å². The van der Waals surface area contributed by atoms with Gasteiger partial charge in [0.25, 0.3) is 17.1 Å². The fourth-order valence-corrected chi connectivity index (χ4v) is 3.54. The number of carbonyl (C=O) groups excluding carboxylic acids is 1. The minimum Gasteiger partial charge on any atom is -0.289 e. The molecule has 31 heavy (non-hydrogen) atoms. The van der Waals surface area contributed by atoms with E-state index < -0.39 is 37.3 Å². The third-order valence-corrected chi connectivity index (χ3v) is 4.80. The number of ketones is 1. The summed E-state index contributed by atoms with van der Waals surface area (Å²) in [7, 11) is 0. The van der Waals surface area contributed by atoms with Crippen LogP contribution in [0, 0.1) is 44.2 Å². The minimum atomic E-state index is -0.916. The average molecular weight is 427 g/mol. The quantitative estimate of drug-likeness (QED) is 0.266. The number of hydrogen-bond donors (Lipinski definition) is 0. The molecule has 0 saturated carbocycles. The van der Waals surface area contributed by atoms with Crippen molar-refractivity contribution in [3.8, 4) is 0 Å². The van der Waals surface area contributed by atoms with Crippen LogP contribution < -0.4 is 0 Å². The zero-order valence-corrected chi connectivity index (χ0v) is 17.7. The van der Waals surface area contributed by atoms with E-state index in [0.29, 0.717) is 5.56 Å². The maximum Gasteiger partial charge on any atom is 0.283 e. The van der Waals surface area contributed by atoms with Gasteiger partial charge in [0.15, 0.2) is 5.78 Å². The maximum atomic E-state index is 12.9. The molecule has 2 aromatic rings. The summed E-state index contributed by atoms with van der Waals surface area (Å²) in [6.07, 6.45) is 2.42. The van der Waals surface area contributed by atoms with Crippen molar-refractivity contribution >= 4 is 28.9 Å². The van der Waals surface area contributed by atoms with Crippen LogP contribution in [0.2, 0.25) is 0 Å². The Kier molecular flexibility index (Phi) is 6.34. The lowest BCUT2D eigenvalue weighted by molar-refractivity contribution is -0.397. The molecule has 10 heteroatoms. The second-order valence-electron chi connectivity index (χ2n) is 8.01. The Morgan fingerprint density at radius 1 is 0.903 bits per heavy atom. The van der Waals surface area contributed by atoms with Crippen molar-refractivity contribution in [2.45, 2.75) is 40.0 Å². The largest absolute Gasteiger partial charge is 0.289 e. The van der Waals surface area contributed by atoms with Crippen LogP contribution in [0.1, 0.15) is 53.4 Å². The number of hydrogen-bond acceptors (Lipinski definition) is 7. The Bertz CT molecular complexity index is 1100. The highest BCUT2D eigenvalue weighted by Gasteiger charge is 2.40. The number of rotatable bonds is 6. The molecule has 0 bridgehead atoms. The van der Waals surface area contributed by atoms with E-state index in [4.69, 9.17) is 0 Å². The van der Waals surface area contributed by atoms with Gasteiger partial charge in [0.1, 0.15) is 5.56 Å². The SMILES string of the molecule is Cc1c(C(=O)/C=C\c2cccc([N+](=O)[O-])c2)c(C)c([N+](=O)[O-])c(C(C)(C)C)c1[N+](=O)[O-]. The first-order valence-corrected chi connectivity index (χ1v) is 9.20. The Morgan fingerprint density at radius 3 is 1.84 bits per heavy atom. The van der Waals surface area contributed by atoms with Crippen LogP contribution in [0.15, 0.2) is 30.3 Å². The van der Waals surface area contributed by atoms with Crippen LogP contribution in [0.3, 0.4) is 0 Å². The molecule has 0 spiro atoms. The number of nitro groups is 3. The molecule has 2 aromatic carbocycles. The lowest BCUT2D eigenvalue weighted by atomic mass is 9.79. The Morgan fingerprint density at radius 2 is 1.42 bits per heavy atom. The predicted octanol–water partition coefficient (Wildman–Crippen LogP) is 5.22. The summed E-state index contributed by atoms with van der Waals surface area (Å²) >= 11 is 0. The first-order chi connectivity index (χ1) is 14.3. The van der Waals surface area contributed by atoms with Crippen LogP contribution in [0.25, 0.3) is 6.08 Å². The molecule has 0 aromatic heterocycles. The van der Waals surface area contributed by atoms with E-state index in [1.165, 1.54) is 38.1 Å². The van der Waals surface area contributed by atoms with Gasteiger partial charge in [-0.3, -0.25) is 35.1 Å². The molecule has 0 amide bonds. The van der Waals surface area contributed by atoms with Gasteiger partial charge in [0.05, 0.1) is 14.8 Å². The van der Waals surface area contributed by atoms with Crippen molar-refractivity contribution in [1.29, 1.82) is 0 Å². The standard InChI is InChI=1S/C21H21N3O7/c1-12-17(16(25)10-9-14-7-6-8-15(11-14)22(26)27)13(2)20(24(30)31)18(21(3,4)5)19(12)23(28)29/h6-11H,1-5H3/b10-9-. The van der Waals surface area contributed by atoms with E-state index >= 15 is 0 Å². The van der Waals surface area contributed by atoms with Gasteiger partial charge in [-0.1, -0.05) is 39.0 Å². The van der Waals surface area contributed by atoms with Gasteiger partial charge in [-0.15, -0.1) is 0 Å². The van der Waals surface area contributed by atoms with Crippen molar-refractivity contribution in [2.75, 3.05) is 0 Å². The second-order valence-corrected chi connectivity index (χ2v) is 8.01. The Labute approximate surface area is 177 Å². The van der Waals surface area contributed by atoms with Gasteiger partial charge >= 0.3 is 0 Å². The van der Waals surface area contributed by atoms with Gasteiger partial charge in [-0.25, -0.2) is 0 Å². The molecule has 0 saturated heterocycles. The van der Waals surface area contributed by atoms with Gasteiger partial charge < -0.3 is 0 Å². The molecular formula is C21H21N3O7. The second kappa shape index (κ2) is 8.42. The van der Waals surface area contributed by atoms with Crippen molar-refractivity contribution in [3.63, 3.8) is 0 Å². The topological polar surface area (TPSA) is 146 Å². The molecule has 0 N–H and O–H groups in total. The number of carbonyl (C=O) groups is 1. The molecule has 0 unspecified atom stereocenters. The summed E-state index contributed by atoms with van der Waals surface area (Å²) in [4.78, 5) is 45.5. The summed E-state index contributed by atoms with van der Waals surface area (Å²) in [6.45, 7) is 7.66. The summed E-state index contributed by atoms with van der Waals surface area (Å²) in [5.74, 6) is -0.673. The van der Waals surface area contributed by atoms with Gasteiger partial charge in [-0.05, 0) is 25.5 Å². The van der Waals surface area contributed by atoms with E-state index in [1.54, 1.807) is 26.8 Å². The van der Waals surface area contributed by atoms with Crippen LogP contribution in [0.5, 0.6) is 0 Å². The van der Waals surface area contributed by atoms with Crippen LogP contribution >= 0.6 is 0 Å². The molecular weight excluding hydrogens is 406 g/mol. The lowest BCUT2D eigenvalue weighted by Crippen LogP contribution is -2.20. The minimum absolute atomic E-state index is 0.0340. The number of nitrogens with zero attached hydrogens (tertiary/aromatic N) is 3. The molecule has 0 aliphatic heterocycles. The van der Waals surface area contributed by atoms with E-state index in [9.17, 15) is 35.1 Å². The number of allylic oxidation sites excluding steroid dienone is 1. The first kappa shape index (κ1) is 23.3. The Hall–Kier alpha value is -3.95. The van der Waals surface area contributed by atoms with Gasteiger partial charge in [0.2, 0.25) is 0 Å². The van der Waals surface area contributed by atoms with E-state index in [-0.39, 0.29) is 27.9 Å². The average Bonchev–Trinajstić information content (AvgIpc) is 2.64. The number of nitro benzene ring substituents is 3. The fraction of sp³-hybridized carbons (Fsp3) is 0.286. The molecule has 0 aliphatic rings. The van der Waals surface area contributed by atoms with E-state index in [0.717, 1.165) is 6.08 Å². The maximum absolute atomic E-state index is 12.9. The first-order valence-electron chi connectivity index (χ1n) is 9.20. The van der Waals surface area contributed by atoms with Crippen LogP contribution in [-0.2, 0) is 5.41 Å². The Balaban J connectivity index is 2.73. The highest BCUT2D eigenvalue weighted by atomic mass is 16.6. The molecule has 2 rings (SSSR count). The molecule has 162 valence electrons. The molecule has 0 radical (unpaired) electrons. The summed E-state index contributed by atoms with van der Waals surface area (Å²) < 4.78 is 0. The smallest absolute Gasteiger partial charge is 0.283 e. The number of benzene rings is 2. The van der Waals surface area contributed by atoms with Crippen molar-refractivity contribution in [2.24, 2.45) is 0 Å². The molecule has 0 atom stereocenters. The van der Waals surface area contributed by atoms with Crippen molar-refractivity contribution < 1.29 is 19.6 Å². The zero-order chi connectivity index (χ0) is 23.7. The van der Waals surface area contributed by atoms with Crippen LogP contribution in [-0.4, -0.2) is 20.6 Å². The van der Waals surface area contributed by atoms with E-state index in [2.05, 4.69) is 0 Å². The molecule has 0 aliphatic carbocycles. The highest BCUT2D eigenvalue weighted by molar-refractivity contribution is 6.10. The highest BCUT2D eigenvalue weighted by Crippen LogP contribution is 2.44. The van der Waals surface area contributed by atoms with Crippen molar-refractivity contribution in [1.82, 2.24) is 0 Å². The number of non-ortho nitro benzene ring substituents is 1. The monoisotopic (exact) mass is 427 g/mol. The third-order valence-electron chi connectivity index (χ3n) is 4.80. The van der Waals surface area contributed by atoms with Gasteiger partial charge in [-0.2, -0.15) is 0 Å². The molecule has 0 heterocycles. The van der Waals surface area contributed by atoms with E-state index in [1.807, 2.05) is 0 Å². The predicted molar refractivity (Wildman–Crippen MR) is 114 cm³/mol. The summed E-state index contributed by atoms with van der Waals surface area (Å²) in [5, 5.41) is 34.5. The normalized spacial score (nSPS) is 11.5. The molecule has 10 nitrogen and oxygen atoms in total. The summed E-state index contributed by atoms with van der Waals surface area (Å²) in [6, 6.07) is 5.55. The zero-order valence-electron chi connectivity index (χ0n) is 17.7. The molecule has 0 fully saturated rings. The van der Waals surface area contributed by atoms with Crippen LogP contribution in [0.4, 0.5) is 17.1 Å². The third kappa shape index (κ3) is 4.63.